The Hall–Kier alpha value is 0.570. The smallest absolute Gasteiger partial charge is 0.412 e. The Morgan fingerprint density at radius 2 is 2.33 bits per heavy atom. The van der Waals surface area contributed by atoms with Gasteiger partial charge in [-0.1, -0.05) is 0 Å². The summed E-state index contributed by atoms with van der Waals surface area (Å²) in [5.41, 5.74) is 0. The number of allylic oxidation sites excluding steroid dienone is 1. The standard InChI is InChI=1S/C4H6.In.H2O/c1-3-4-2;;/h1,3H,2,4H2;;1H2. The monoisotopic (exact) mass is 187 g/mol. The van der Waals surface area contributed by atoms with Crippen molar-refractivity contribution in [1.29, 1.82) is 0 Å². The zero-order valence-electron chi connectivity index (χ0n) is 3.65. The minimum Gasteiger partial charge on any atom is -0.412 e. The van der Waals surface area contributed by atoms with Crippen molar-refractivity contribution in [2.75, 3.05) is 0 Å². The molecule has 1 aliphatic rings. The van der Waals surface area contributed by atoms with Gasteiger partial charge in [0.05, 0.1) is 0 Å². The first-order valence-corrected chi connectivity index (χ1v) is 6.22. The van der Waals surface area contributed by atoms with Crippen LogP contribution in [0.5, 0.6) is 0 Å². The Bertz CT molecular complexity index is 45.5. The second-order valence-electron chi connectivity index (χ2n) is 1.24. The summed E-state index contributed by atoms with van der Waals surface area (Å²) in [7, 11) is 0. The number of hydrogen-bond acceptors (Lipinski definition) is 0. The van der Waals surface area contributed by atoms with Crippen LogP contribution in [0.4, 0.5) is 0 Å². The largest absolute Gasteiger partial charge is 0.412 e. The molecule has 0 aromatic carbocycles. The molecular formula is C4H8InO. The van der Waals surface area contributed by atoms with Gasteiger partial charge in [0.2, 0.25) is 0 Å². The van der Waals surface area contributed by atoms with Crippen molar-refractivity contribution in [2.45, 2.75) is 10.6 Å². The van der Waals surface area contributed by atoms with E-state index in [1.165, 1.54) is 6.42 Å². The summed E-state index contributed by atoms with van der Waals surface area (Å²) in [6.45, 7) is 0. The Morgan fingerprint density at radius 1 is 1.50 bits per heavy atom. The molecule has 1 heterocycles. The van der Waals surface area contributed by atoms with E-state index in [1.807, 2.05) is 0 Å². The number of hydrogen-bond donors (Lipinski definition) is 0. The number of rotatable bonds is 0. The first-order valence-electron chi connectivity index (χ1n) is 1.98. The molecule has 0 spiro atoms. The zero-order chi connectivity index (χ0) is 3.54. The molecule has 33 valence electrons. The van der Waals surface area contributed by atoms with Crippen molar-refractivity contribution in [1.82, 2.24) is 0 Å². The van der Waals surface area contributed by atoms with Gasteiger partial charge in [0.15, 0.2) is 0 Å². The van der Waals surface area contributed by atoms with E-state index in [0.29, 0.717) is 0 Å². The van der Waals surface area contributed by atoms with Crippen molar-refractivity contribution in [2.24, 2.45) is 0 Å². The molecule has 0 aliphatic carbocycles. The molecule has 2 N–H and O–H groups in total. The van der Waals surface area contributed by atoms with Gasteiger partial charge in [0.25, 0.3) is 0 Å². The molecule has 0 atom stereocenters. The average molecular weight is 187 g/mol. The summed E-state index contributed by atoms with van der Waals surface area (Å²) >= 11 is 0.0106. The van der Waals surface area contributed by atoms with Crippen molar-refractivity contribution in [3.8, 4) is 0 Å². The fraction of sp³-hybridized carbons (Fsp3) is 0.500. The maximum Gasteiger partial charge on any atom is -0.412 e. The molecule has 1 nitrogen and oxygen atoms in total. The van der Waals surface area contributed by atoms with Gasteiger partial charge in [-0.2, -0.15) is 0 Å². The quantitative estimate of drug-likeness (QED) is 0.518. The predicted octanol–water partition coefficient (Wildman–Crippen LogP) is 0.202. The van der Waals surface area contributed by atoms with Crippen LogP contribution in [0, 0.1) is 0 Å². The van der Waals surface area contributed by atoms with Crippen LogP contribution >= 0.6 is 0 Å². The molecule has 0 saturated heterocycles. The second-order valence-corrected chi connectivity index (χ2v) is 5.33. The van der Waals surface area contributed by atoms with Gasteiger partial charge in [0, 0.05) is 0 Å². The van der Waals surface area contributed by atoms with Crippen LogP contribution in [0.2, 0.25) is 4.18 Å². The summed E-state index contributed by atoms with van der Waals surface area (Å²) in [5.74, 6) is 0. The normalized spacial score (nSPS) is 16.0. The summed E-state index contributed by atoms with van der Waals surface area (Å²) < 4.78 is 4.00. The summed E-state index contributed by atoms with van der Waals surface area (Å²) in [5, 5.41) is 0. The van der Waals surface area contributed by atoms with Gasteiger partial charge in [0.1, 0.15) is 0 Å². The van der Waals surface area contributed by atoms with Crippen molar-refractivity contribution >= 4 is 22.9 Å². The Kier molecular flexibility index (Phi) is 4.11. The topological polar surface area (TPSA) is 31.5 Å². The third kappa shape index (κ3) is 1.88. The predicted molar refractivity (Wildman–Crippen MR) is 27.9 cm³/mol. The molecule has 0 saturated carbocycles. The SMILES string of the molecule is C1=[CH][In][CH2]C1.O. The van der Waals surface area contributed by atoms with Crippen molar-refractivity contribution < 1.29 is 5.48 Å². The molecule has 0 aromatic rings. The van der Waals surface area contributed by atoms with Gasteiger partial charge in [-0.3, -0.25) is 0 Å². The maximum absolute atomic E-state index is 2.43. The van der Waals surface area contributed by atoms with E-state index in [-0.39, 0.29) is 28.4 Å². The van der Waals surface area contributed by atoms with E-state index in [4.69, 9.17) is 0 Å². The maximum atomic E-state index is 2.43. The van der Waals surface area contributed by atoms with Crippen LogP contribution < -0.4 is 0 Å². The van der Waals surface area contributed by atoms with Crippen LogP contribution in [0.1, 0.15) is 6.42 Å². The van der Waals surface area contributed by atoms with Crippen LogP contribution in [0.15, 0.2) is 9.91 Å². The second kappa shape index (κ2) is 3.75. The first-order chi connectivity index (χ1) is 2.50. The van der Waals surface area contributed by atoms with Gasteiger partial charge in [-0.15, -0.1) is 0 Å². The van der Waals surface area contributed by atoms with E-state index < -0.39 is 0 Å². The summed E-state index contributed by atoms with van der Waals surface area (Å²) in [6, 6.07) is 0. The summed E-state index contributed by atoms with van der Waals surface area (Å²) in [4.78, 5) is 0. The van der Waals surface area contributed by atoms with E-state index in [2.05, 4.69) is 9.91 Å². The van der Waals surface area contributed by atoms with Gasteiger partial charge in [-0.25, -0.2) is 0 Å². The molecule has 0 amide bonds. The Balaban J connectivity index is 0.000000250. The molecule has 1 aliphatic heterocycles. The minimum absolute atomic E-state index is 0. The molecule has 1 rings (SSSR count). The molecule has 2 heteroatoms. The van der Waals surface area contributed by atoms with Crippen LogP contribution in [-0.4, -0.2) is 28.4 Å². The zero-order valence-corrected chi connectivity index (χ0v) is 6.94. The molecule has 0 fully saturated rings. The van der Waals surface area contributed by atoms with Crippen molar-refractivity contribution in [3.05, 3.63) is 9.91 Å². The average Bonchev–Trinajstić information content (AvgIpc) is 1.76. The molecular weight excluding hydrogens is 179 g/mol. The van der Waals surface area contributed by atoms with Crippen LogP contribution in [0.25, 0.3) is 0 Å². The molecule has 1 radical (unpaired) electrons. The molecule has 0 aromatic heterocycles. The first kappa shape index (κ1) is 6.57. The fourth-order valence-electron chi connectivity index (χ4n) is 0.481. The van der Waals surface area contributed by atoms with Gasteiger partial charge < -0.3 is 5.48 Å². The van der Waals surface area contributed by atoms with E-state index in [0.717, 1.165) is 0 Å². The Morgan fingerprint density at radius 3 is 2.50 bits per heavy atom. The van der Waals surface area contributed by atoms with Gasteiger partial charge in [-0.05, 0) is 0 Å². The molecule has 0 bridgehead atoms. The molecule has 0 unspecified atom stereocenters. The van der Waals surface area contributed by atoms with Gasteiger partial charge >= 0.3 is 43.4 Å². The summed E-state index contributed by atoms with van der Waals surface area (Å²) in [6.07, 6.45) is 3.72. The fourth-order valence-corrected chi connectivity index (χ4v) is 3.23. The van der Waals surface area contributed by atoms with Crippen molar-refractivity contribution in [3.63, 3.8) is 0 Å². The molecule has 6 heavy (non-hydrogen) atoms. The third-order valence-corrected chi connectivity index (χ3v) is 4.23. The van der Waals surface area contributed by atoms with Crippen LogP contribution in [-0.2, 0) is 0 Å². The minimum atomic E-state index is 0. The van der Waals surface area contributed by atoms with Crippen LogP contribution in [0.3, 0.4) is 0 Å². The van der Waals surface area contributed by atoms with E-state index in [9.17, 15) is 0 Å². The Labute approximate surface area is 49.1 Å². The third-order valence-electron chi connectivity index (χ3n) is 0.772. The van der Waals surface area contributed by atoms with E-state index >= 15 is 0 Å². The van der Waals surface area contributed by atoms with E-state index in [1.54, 1.807) is 4.18 Å².